The van der Waals surface area contributed by atoms with E-state index in [9.17, 15) is 9.59 Å². The first-order valence-electron chi connectivity index (χ1n) is 7.31. The predicted octanol–water partition coefficient (Wildman–Crippen LogP) is 4.08. The van der Waals surface area contributed by atoms with Crippen molar-refractivity contribution in [3.05, 3.63) is 59.7 Å². The number of rotatable bonds is 3. The molecule has 0 bridgehead atoms. The molecule has 0 aliphatic heterocycles. The Morgan fingerprint density at radius 3 is 2.05 bits per heavy atom. The summed E-state index contributed by atoms with van der Waals surface area (Å²) >= 11 is 0. The van der Waals surface area contributed by atoms with Gasteiger partial charge in [-0.2, -0.15) is 0 Å². The second-order valence-electron chi connectivity index (χ2n) is 6.38. The molecule has 2 rings (SSSR count). The molecule has 0 saturated heterocycles. The van der Waals surface area contributed by atoms with Gasteiger partial charge in [-0.25, -0.2) is 0 Å². The van der Waals surface area contributed by atoms with E-state index in [2.05, 4.69) is 5.32 Å². The zero-order valence-corrected chi connectivity index (χ0v) is 13.4. The van der Waals surface area contributed by atoms with E-state index in [4.69, 9.17) is 0 Å². The van der Waals surface area contributed by atoms with Gasteiger partial charge in [0.05, 0.1) is 0 Å². The fraction of sp³-hybridized carbons (Fsp3) is 0.263. The summed E-state index contributed by atoms with van der Waals surface area (Å²) in [4.78, 5) is 23.8. The maximum absolute atomic E-state index is 12.5. The molecule has 0 saturated carbocycles. The summed E-state index contributed by atoms with van der Waals surface area (Å²) in [5, 5.41) is 2.98. The monoisotopic (exact) mass is 295 g/mol. The molecule has 0 unspecified atom stereocenters. The summed E-state index contributed by atoms with van der Waals surface area (Å²) in [5.74, 6) is -0.0657. The average molecular weight is 295 g/mol. The normalized spacial score (nSPS) is 11.1. The van der Waals surface area contributed by atoms with Crippen LogP contribution in [0, 0.1) is 0 Å². The lowest BCUT2D eigenvalue weighted by Crippen LogP contribution is -2.40. The first-order valence-corrected chi connectivity index (χ1v) is 7.31. The number of Topliss-reactive ketones (excluding diaryl/α,β-unsaturated/α-hetero) is 1. The highest BCUT2D eigenvalue weighted by molar-refractivity contribution is 6.01. The molecular weight excluding hydrogens is 274 g/mol. The van der Waals surface area contributed by atoms with Gasteiger partial charge in [0.25, 0.3) is 5.91 Å². The molecule has 0 aliphatic rings. The van der Waals surface area contributed by atoms with E-state index >= 15 is 0 Å². The molecule has 3 heteroatoms. The summed E-state index contributed by atoms with van der Waals surface area (Å²) in [7, 11) is 0. The van der Waals surface area contributed by atoms with E-state index < -0.39 is 0 Å². The van der Waals surface area contributed by atoms with Crippen LogP contribution < -0.4 is 5.32 Å². The summed E-state index contributed by atoms with van der Waals surface area (Å²) in [6.45, 7) is 7.40. The Labute approximate surface area is 131 Å². The van der Waals surface area contributed by atoms with Crippen LogP contribution in [-0.4, -0.2) is 17.2 Å². The standard InChI is InChI=1S/C19H21NO2/c1-13(21)14-9-11-15(12-10-14)16-7-5-6-8-17(16)18(22)20-19(2,3)4/h5-12H,1-4H3,(H,20,22). The number of hydrogen-bond donors (Lipinski definition) is 1. The van der Waals surface area contributed by atoms with Gasteiger partial charge < -0.3 is 5.32 Å². The number of carbonyl (C=O) groups is 2. The lowest BCUT2D eigenvalue weighted by atomic mass is 9.97. The maximum atomic E-state index is 12.5. The number of benzene rings is 2. The van der Waals surface area contributed by atoms with E-state index in [1.165, 1.54) is 0 Å². The largest absolute Gasteiger partial charge is 0.347 e. The second kappa shape index (κ2) is 6.14. The molecule has 0 radical (unpaired) electrons. The number of carbonyl (C=O) groups excluding carboxylic acids is 2. The van der Waals surface area contributed by atoms with Crippen molar-refractivity contribution in [2.24, 2.45) is 0 Å². The molecule has 2 aromatic carbocycles. The van der Waals surface area contributed by atoms with Crippen LogP contribution in [0.1, 0.15) is 48.4 Å². The van der Waals surface area contributed by atoms with Gasteiger partial charge in [-0.3, -0.25) is 9.59 Å². The minimum Gasteiger partial charge on any atom is -0.347 e. The van der Waals surface area contributed by atoms with Crippen molar-refractivity contribution in [1.82, 2.24) is 5.32 Å². The first kappa shape index (κ1) is 16.0. The third kappa shape index (κ3) is 3.82. The molecule has 1 N–H and O–H groups in total. The molecule has 2 aromatic rings. The third-order valence-electron chi connectivity index (χ3n) is 3.26. The highest BCUT2D eigenvalue weighted by Crippen LogP contribution is 2.24. The molecule has 0 spiro atoms. The van der Waals surface area contributed by atoms with Crippen LogP contribution in [0.25, 0.3) is 11.1 Å². The first-order chi connectivity index (χ1) is 10.3. The highest BCUT2D eigenvalue weighted by Gasteiger charge is 2.18. The topological polar surface area (TPSA) is 46.2 Å². The molecule has 0 atom stereocenters. The summed E-state index contributed by atoms with van der Waals surface area (Å²) in [6, 6.07) is 14.8. The van der Waals surface area contributed by atoms with E-state index in [1.807, 2.05) is 57.2 Å². The second-order valence-corrected chi connectivity index (χ2v) is 6.38. The summed E-state index contributed by atoms with van der Waals surface area (Å²) < 4.78 is 0. The van der Waals surface area contributed by atoms with Crippen LogP contribution in [-0.2, 0) is 0 Å². The van der Waals surface area contributed by atoms with Crippen molar-refractivity contribution in [1.29, 1.82) is 0 Å². The van der Waals surface area contributed by atoms with E-state index in [-0.39, 0.29) is 17.2 Å². The van der Waals surface area contributed by atoms with Crippen molar-refractivity contribution in [2.75, 3.05) is 0 Å². The van der Waals surface area contributed by atoms with E-state index in [1.54, 1.807) is 19.1 Å². The SMILES string of the molecule is CC(=O)c1ccc(-c2ccccc2C(=O)NC(C)(C)C)cc1. The Kier molecular flexibility index (Phi) is 4.45. The predicted molar refractivity (Wildman–Crippen MR) is 89.1 cm³/mol. The minimum atomic E-state index is -0.289. The molecule has 1 amide bonds. The quantitative estimate of drug-likeness (QED) is 0.867. The molecule has 0 fully saturated rings. The van der Waals surface area contributed by atoms with Gasteiger partial charge in [0.1, 0.15) is 0 Å². The maximum Gasteiger partial charge on any atom is 0.252 e. The van der Waals surface area contributed by atoms with Crippen molar-refractivity contribution >= 4 is 11.7 Å². The third-order valence-corrected chi connectivity index (χ3v) is 3.26. The van der Waals surface area contributed by atoms with E-state index in [0.29, 0.717) is 11.1 Å². The smallest absolute Gasteiger partial charge is 0.252 e. The molecule has 0 aromatic heterocycles. The van der Waals surface area contributed by atoms with Crippen molar-refractivity contribution in [3.63, 3.8) is 0 Å². The molecular formula is C19H21NO2. The average Bonchev–Trinajstić information content (AvgIpc) is 2.45. The molecule has 0 heterocycles. The fourth-order valence-electron chi connectivity index (χ4n) is 2.23. The van der Waals surface area contributed by atoms with Crippen LogP contribution in [0.4, 0.5) is 0 Å². The number of hydrogen-bond acceptors (Lipinski definition) is 2. The van der Waals surface area contributed by atoms with Crippen LogP contribution in [0.2, 0.25) is 0 Å². The highest BCUT2D eigenvalue weighted by atomic mass is 16.1. The lowest BCUT2D eigenvalue weighted by molar-refractivity contribution is 0.0919. The van der Waals surface area contributed by atoms with Gasteiger partial charge in [0, 0.05) is 16.7 Å². The Balaban J connectivity index is 2.40. The Morgan fingerprint density at radius 2 is 1.50 bits per heavy atom. The molecule has 0 aliphatic carbocycles. The summed E-state index contributed by atoms with van der Waals surface area (Å²) in [5.41, 5.74) is 2.79. The van der Waals surface area contributed by atoms with Crippen LogP contribution >= 0.6 is 0 Å². The zero-order valence-electron chi connectivity index (χ0n) is 13.4. The van der Waals surface area contributed by atoms with Gasteiger partial charge in [0.15, 0.2) is 5.78 Å². The molecule has 3 nitrogen and oxygen atoms in total. The van der Waals surface area contributed by atoms with Crippen LogP contribution in [0.5, 0.6) is 0 Å². The van der Waals surface area contributed by atoms with Crippen LogP contribution in [0.3, 0.4) is 0 Å². The summed E-state index contributed by atoms with van der Waals surface area (Å²) in [6.07, 6.45) is 0. The molecule has 114 valence electrons. The lowest BCUT2D eigenvalue weighted by Gasteiger charge is -2.21. The van der Waals surface area contributed by atoms with E-state index in [0.717, 1.165) is 11.1 Å². The Bertz CT molecular complexity index is 694. The van der Waals surface area contributed by atoms with Gasteiger partial charge in [-0.15, -0.1) is 0 Å². The van der Waals surface area contributed by atoms with Gasteiger partial charge >= 0.3 is 0 Å². The minimum absolute atomic E-state index is 0.0327. The zero-order chi connectivity index (χ0) is 16.3. The Hall–Kier alpha value is -2.42. The molecule has 22 heavy (non-hydrogen) atoms. The van der Waals surface area contributed by atoms with Crippen LogP contribution in [0.15, 0.2) is 48.5 Å². The van der Waals surface area contributed by atoms with Crippen molar-refractivity contribution in [2.45, 2.75) is 33.2 Å². The van der Waals surface area contributed by atoms with Crippen molar-refractivity contribution < 1.29 is 9.59 Å². The van der Waals surface area contributed by atoms with Crippen molar-refractivity contribution in [3.8, 4) is 11.1 Å². The van der Waals surface area contributed by atoms with Gasteiger partial charge in [0.2, 0.25) is 0 Å². The Morgan fingerprint density at radius 1 is 0.909 bits per heavy atom. The number of nitrogens with one attached hydrogen (secondary N) is 1. The fourth-order valence-corrected chi connectivity index (χ4v) is 2.23. The number of amides is 1. The van der Waals surface area contributed by atoms with Gasteiger partial charge in [-0.1, -0.05) is 42.5 Å². The number of ketones is 1. The van der Waals surface area contributed by atoms with Gasteiger partial charge in [-0.05, 0) is 44.9 Å².